The van der Waals surface area contributed by atoms with Gasteiger partial charge < -0.3 is 5.32 Å². The Morgan fingerprint density at radius 3 is 2.29 bits per heavy atom. The second kappa shape index (κ2) is 6.92. The first-order chi connectivity index (χ1) is 8.04. The van der Waals surface area contributed by atoms with Crippen molar-refractivity contribution in [3.8, 4) is 0 Å². The van der Waals surface area contributed by atoms with Crippen LogP contribution in [0.3, 0.4) is 0 Å². The largest absolute Gasteiger partial charge is 0.309 e. The third-order valence-corrected chi connectivity index (χ3v) is 4.47. The predicted octanol–water partition coefficient (Wildman–Crippen LogP) is 2.67. The molecule has 2 nitrogen and oxygen atoms in total. The molecular formula is C14H23NOS. The van der Waals surface area contributed by atoms with Gasteiger partial charge in [-0.3, -0.25) is 4.21 Å². The van der Waals surface area contributed by atoms with Gasteiger partial charge in [0.1, 0.15) is 0 Å². The van der Waals surface area contributed by atoms with Gasteiger partial charge in [-0.15, -0.1) is 0 Å². The lowest BCUT2D eigenvalue weighted by Crippen LogP contribution is -2.29. The normalized spacial score (nSPS) is 16.5. The summed E-state index contributed by atoms with van der Waals surface area (Å²) in [6.45, 7) is 7.11. The van der Waals surface area contributed by atoms with Crippen LogP contribution in [-0.4, -0.2) is 22.3 Å². The van der Waals surface area contributed by atoms with Gasteiger partial charge in [-0.05, 0) is 31.4 Å². The SMILES string of the molecule is CCc1ccc(C(C)NCC(C)S(C)=O)cc1. The smallest absolute Gasteiger partial charge is 0.0441 e. The monoisotopic (exact) mass is 253 g/mol. The quantitative estimate of drug-likeness (QED) is 0.844. The van der Waals surface area contributed by atoms with Gasteiger partial charge in [0.25, 0.3) is 0 Å². The van der Waals surface area contributed by atoms with E-state index in [2.05, 4.69) is 43.4 Å². The fraction of sp³-hybridized carbons (Fsp3) is 0.571. The predicted molar refractivity (Wildman–Crippen MR) is 75.8 cm³/mol. The van der Waals surface area contributed by atoms with Crippen LogP contribution in [0.4, 0.5) is 0 Å². The summed E-state index contributed by atoms with van der Waals surface area (Å²) in [5.41, 5.74) is 2.65. The second-order valence-corrected chi connectivity index (χ2v) is 6.34. The van der Waals surface area contributed by atoms with Crippen molar-refractivity contribution in [1.82, 2.24) is 5.32 Å². The highest BCUT2D eigenvalue weighted by Gasteiger charge is 2.09. The van der Waals surface area contributed by atoms with E-state index >= 15 is 0 Å². The summed E-state index contributed by atoms with van der Waals surface area (Å²) < 4.78 is 11.2. The van der Waals surface area contributed by atoms with E-state index in [9.17, 15) is 4.21 Å². The fourth-order valence-corrected chi connectivity index (χ4v) is 1.95. The van der Waals surface area contributed by atoms with E-state index in [4.69, 9.17) is 0 Å². The fourth-order valence-electron chi connectivity index (χ4n) is 1.62. The molecule has 0 aliphatic carbocycles. The van der Waals surface area contributed by atoms with Crippen molar-refractivity contribution < 1.29 is 4.21 Å². The summed E-state index contributed by atoms with van der Waals surface area (Å²) in [5, 5.41) is 3.63. The van der Waals surface area contributed by atoms with Gasteiger partial charge in [0.15, 0.2) is 0 Å². The molecule has 96 valence electrons. The highest BCUT2D eigenvalue weighted by molar-refractivity contribution is 7.84. The van der Waals surface area contributed by atoms with Gasteiger partial charge in [0, 0.05) is 34.9 Å². The van der Waals surface area contributed by atoms with Crippen LogP contribution in [-0.2, 0) is 17.2 Å². The summed E-state index contributed by atoms with van der Waals surface area (Å²) in [6, 6.07) is 9.00. The molecule has 0 bridgehead atoms. The Balaban J connectivity index is 2.51. The van der Waals surface area contributed by atoms with Crippen molar-refractivity contribution >= 4 is 10.8 Å². The van der Waals surface area contributed by atoms with Gasteiger partial charge in [-0.1, -0.05) is 31.2 Å². The molecule has 0 saturated heterocycles. The summed E-state index contributed by atoms with van der Waals surface area (Å²) in [5.74, 6) is 0. The maximum atomic E-state index is 11.2. The Hall–Kier alpha value is -0.670. The highest BCUT2D eigenvalue weighted by atomic mass is 32.2. The van der Waals surface area contributed by atoms with Gasteiger partial charge in [0.05, 0.1) is 0 Å². The molecule has 3 heteroatoms. The van der Waals surface area contributed by atoms with Crippen LogP contribution in [0.2, 0.25) is 0 Å². The first kappa shape index (κ1) is 14.4. The Bertz CT molecular complexity index is 361. The summed E-state index contributed by atoms with van der Waals surface area (Å²) in [4.78, 5) is 0. The maximum Gasteiger partial charge on any atom is 0.0441 e. The highest BCUT2D eigenvalue weighted by Crippen LogP contribution is 2.13. The van der Waals surface area contributed by atoms with Crippen molar-refractivity contribution in [2.75, 3.05) is 12.8 Å². The Labute approximate surface area is 107 Å². The minimum atomic E-state index is -0.751. The Kier molecular flexibility index (Phi) is 5.86. The molecule has 3 unspecified atom stereocenters. The van der Waals surface area contributed by atoms with Gasteiger partial charge in [-0.2, -0.15) is 0 Å². The van der Waals surface area contributed by atoms with E-state index in [0.29, 0.717) is 6.04 Å². The zero-order valence-electron chi connectivity index (χ0n) is 11.2. The van der Waals surface area contributed by atoms with E-state index in [0.717, 1.165) is 13.0 Å². The molecule has 0 aliphatic heterocycles. The Morgan fingerprint density at radius 2 is 1.82 bits per heavy atom. The van der Waals surface area contributed by atoms with Crippen molar-refractivity contribution in [2.45, 2.75) is 38.5 Å². The lowest BCUT2D eigenvalue weighted by Gasteiger charge is -2.17. The number of hydrogen-bond donors (Lipinski definition) is 1. The molecule has 0 heterocycles. The molecule has 0 radical (unpaired) electrons. The lowest BCUT2D eigenvalue weighted by molar-refractivity contribution is 0.569. The van der Waals surface area contributed by atoms with E-state index in [-0.39, 0.29) is 5.25 Å². The van der Waals surface area contributed by atoms with Crippen molar-refractivity contribution in [3.05, 3.63) is 35.4 Å². The topological polar surface area (TPSA) is 29.1 Å². The molecule has 1 N–H and O–H groups in total. The molecule has 0 fully saturated rings. The molecule has 0 aliphatic rings. The standard InChI is InChI=1S/C14H23NOS/c1-5-13-6-8-14(9-7-13)12(3)15-10-11(2)17(4)16/h6-9,11-12,15H,5,10H2,1-4H3. The minimum absolute atomic E-state index is 0.201. The molecule has 3 atom stereocenters. The average molecular weight is 253 g/mol. The number of hydrogen-bond acceptors (Lipinski definition) is 2. The molecule has 0 spiro atoms. The third-order valence-electron chi connectivity index (χ3n) is 3.17. The number of nitrogens with one attached hydrogen (secondary N) is 1. The van der Waals surface area contributed by atoms with Crippen LogP contribution in [0.15, 0.2) is 24.3 Å². The second-order valence-electron chi connectivity index (χ2n) is 4.53. The van der Waals surface area contributed by atoms with Crippen LogP contribution in [0.25, 0.3) is 0 Å². The van der Waals surface area contributed by atoms with Gasteiger partial charge in [0.2, 0.25) is 0 Å². The van der Waals surface area contributed by atoms with Crippen LogP contribution in [0, 0.1) is 0 Å². The lowest BCUT2D eigenvalue weighted by atomic mass is 10.1. The molecule has 0 amide bonds. The minimum Gasteiger partial charge on any atom is -0.309 e. The van der Waals surface area contributed by atoms with Crippen LogP contribution in [0.1, 0.15) is 37.9 Å². The maximum absolute atomic E-state index is 11.2. The van der Waals surface area contributed by atoms with E-state index in [1.165, 1.54) is 11.1 Å². The number of benzene rings is 1. The number of aryl methyl sites for hydroxylation is 1. The van der Waals surface area contributed by atoms with Crippen LogP contribution < -0.4 is 5.32 Å². The van der Waals surface area contributed by atoms with Gasteiger partial charge >= 0.3 is 0 Å². The van der Waals surface area contributed by atoms with Crippen molar-refractivity contribution in [2.24, 2.45) is 0 Å². The van der Waals surface area contributed by atoms with Gasteiger partial charge in [-0.25, -0.2) is 0 Å². The summed E-state index contributed by atoms with van der Waals surface area (Å²) >= 11 is 0. The van der Waals surface area contributed by atoms with E-state index < -0.39 is 10.8 Å². The molecule has 1 aromatic carbocycles. The molecule has 1 rings (SSSR count). The third kappa shape index (κ3) is 4.60. The number of rotatable bonds is 6. The van der Waals surface area contributed by atoms with Crippen molar-refractivity contribution in [3.63, 3.8) is 0 Å². The molecule has 0 aromatic heterocycles. The molecule has 1 aromatic rings. The zero-order valence-corrected chi connectivity index (χ0v) is 12.0. The summed E-state index contributed by atoms with van der Waals surface area (Å²) in [6.07, 6.45) is 2.83. The first-order valence-electron chi connectivity index (χ1n) is 6.19. The molecule has 17 heavy (non-hydrogen) atoms. The average Bonchev–Trinajstić information content (AvgIpc) is 2.35. The Morgan fingerprint density at radius 1 is 1.24 bits per heavy atom. The molecule has 0 saturated carbocycles. The van der Waals surface area contributed by atoms with Crippen LogP contribution in [0.5, 0.6) is 0 Å². The van der Waals surface area contributed by atoms with Crippen LogP contribution >= 0.6 is 0 Å². The van der Waals surface area contributed by atoms with E-state index in [1.54, 1.807) is 6.26 Å². The van der Waals surface area contributed by atoms with Crippen molar-refractivity contribution in [1.29, 1.82) is 0 Å². The molecular weight excluding hydrogens is 230 g/mol. The first-order valence-corrected chi connectivity index (χ1v) is 7.81. The zero-order chi connectivity index (χ0) is 12.8. The summed E-state index contributed by atoms with van der Waals surface area (Å²) in [7, 11) is -0.751. The van der Waals surface area contributed by atoms with E-state index in [1.807, 2.05) is 6.92 Å².